The molecule has 0 aliphatic heterocycles. The summed E-state index contributed by atoms with van der Waals surface area (Å²) in [7, 11) is -3.01. The van der Waals surface area contributed by atoms with Crippen LogP contribution >= 0.6 is 7.60 Å². The van der Waals surface area contributed by atoms with Crippen LogP contribution in [0, 0.1) is 0 Å². The van der Waals surface area contributed by atoms with Crippen LogP contribution in [0.25, 0.3) is 12.2 Å². The van der Waals surface area contributed by atoms with Crippen molar-refractivity contribution in [3.8, 4) is 11.5 Å². The predicted molar refractivity (Wildman–Crippen MR) is 164 cm³/mol. The molecule has 1 heterocycles. The van der Waals surface area contributed by atoms with Crippen LogP contribution in [0.15, 0.2) is 103 Å². The fourth-order valence-electron chi connectivity index (χ4n) is 4.26. The Bertz CT molecular complexity index is 1400. The van der Waals surface area contributed by atoms with E-state index in [1.807, 2.05) is 105 Å². The Morgan fingerprint density at radius 1 is 0.683 bits per heavy atom. The normalized spacial score (nSPS) is 11.6. The number of hydrogen-bond donors (Lipinski definition) is 0. The lowest BCUT2D eigenvalue weighted by molar-refractivity contribution is -0.696. The van der Waals surface area contributed by atoms with Gasteiger partial charge in [0, 0.05) is 18.6 Å². The van der Waals surface area contributed by atoms with E-state index in [9.17, 15) is 4.57 Å². The molecule has 3 aromatic carbocycles. The third kappa shape index (κ3) is 10.0. The molecule has 0 N–H and O–H groups in total. The molecular weight excluding hydrogens is 533 g/mol. The van der Waals surface area contributed by atoms with E-state index in [1.165, 1.54) is 0 Å². The summed E-state index contributed by atoms with van der Waals surface area (Å²) in [4.78, 5) is 0. The fourth-order valence-corrected chi connectivity index (χ4v) is 5.91. The van der Waals surface area contributed by atoms with E-state index in [0.717, 1.165) is 28.8 Å². The number of hydrogen-bond acceptors (Lipinski definition) is 5. The van der Waals surface area contributed by atoms with Crippen molar-refractivity contribution in [2.75, 3.05) is 19.4 Å². The molecule has 4 rings (SSSR count). The Morgan fingerprint density at radius 2 is 1.24 bits per heavy atom. The van der Waals surface area contributed by atoms with Gasteiger partial charge in [0.15, 0.2) is 23.9 Å². The van der Waals surface area contributed by atoms with Gasteiger partial charge in [-0.25, -0.2) is 4.57 Å². The van der Waals surface area contributed by atoms with Crippen molar-refractivity contribution < 1.29 is 27.7 Å². The van der Waals surface area contributed by atoms with E-state index in [2.05, 4.69) is 28.9 Å². The minimum absolute atomic E-state index is 0.384. The topological polar surface area (TPSA) is 57.9 Å². The SMILES string of the molecule is CCOP(=O)(CCC[n+]1ccc(C=Cc2ccc(OCc3ccccc3)c(OCc3ccccc3)c2)cc1)OCC. The lowest BCUT2D eigenvalue weighted by Crippen LogP contribution is -2.33. The first kappa shape index (κ1) is 30.3. The van der Waals surface area contributed by atoms with Gasteiger partial charge in [-0.3, -0.25) is 4.57 Å². The van der Waals surface area contributed by atoms with Crippen molar-refractivity contribution in [1.29, 1.82) is 0 Å². The van der Waals surface area contributed by atoms with Gasteiger partial charge in [0.1, 0.15) is 19.8 Å². The van der Waals surface area contributed by atoms with Crippen molar-refractivity contribution >= 4 is 19.7 Å². The highest BCUT2D eigenvalue weighted by atomic mass is 31.2. The highest BCUT2D eigenvalue weighted by Gasteiger charge is 2.23. The Morgan fingerprint density at radius 3 is 1.83 bits per heavy atom. The number of pyridine rings is 1. The number of nitrogens with zero attached hydrogens (tertiary/aromatic N) is 1. The lowest BCUT2D eigenvalue weighted by Gasteiger charge is -2.15. The average Bonchev–Trinajstić information content (AvgIpc) is 3.00. The zero-order valence-corrected chi connectivity index (χ0v) is 24.7. The van der Waals surface area contributed by atoms with E-state index in [0.29, 0.717) is 50.5 Å². The number of benzene rings is 3. The molecule has 214 valence electrons. The molecule has 0 bridgehead atoms. The molecule has 0 unspecified atom stereocenters. The van der Waals surface area contributed by atoms with Crippen LogP contribution < -0.4 is 14.0 Å². The molecule has 0 radical (unpaired) electrons. The third-order valence-electron chi connectivity index (χ3n) is 6.33. The average molecular weight is 573 g/mol. The molecule has 0 aliphatic carbocycles. The quantitative estimate of drug-likeness (QED) is 0.101. The van der Waals surface area contributed by atoms with E-state index < -0.39 is 7.60 Å². The lowest BCUT2D eigenvalue weighted by atomic mass is 10.1. The molecule has 0 spiro atoms. The third-order valence-corrected chi connectivity index (χ3v) is 8.49. The van der Waals surface area contributed by atoms with Crippen molar-refractivity contribution in [3.05, 3.63) is 126 Å². The second-order valence-electron chi connectivity index (χ2n) is 9.48. The maximum Gasteiger partial charge on any atom is 0.330 e. The second kappa shape index (κ2) is 15.9. The van der Waals surface area contributed by atoms with Crippen LogP contribution in [0.5, 0.6) is 11.5 Å². The van der Waals surface area contributed by atoms with Gasteiger partial charge < -0.3 is 18.5 Å². The Balaban J connectivity index is 1.39. The molecule has 0 saturated carbocycles. The first-order valence-electron chi connectivity index (χ1n) is 14.1. The summed E-state index contributed by atoms with van der Waals surface area (Å²) in [6.45, 7) is 6.10. The maximum absolute atomic E-state index is 12.7. The highest BCUT2D eigenvalue weighted by Crippen LogP contribution is 2.48. The summed E-state index contributed by atoms with van der Waals surface area (Å²) in [6, 6.07) is 30.3. The summed E-state index contributed by atoms with van der Waals surface area (Å²) in [5.74, 6) is 1.41. The van der Waals surface area contributed by atoms with Crippen LogP contribution in [-0.2, 0) is 33.4 Å². The van der Waals surface area contributed by atoms with E-state index in [-0.39, 0.29) is 0 Å². The maximum atomic E-state index is 12.7. The first-order valence-corrected chi connectivity index (χ1v) is 15.8. The molecule has 0 aliphatic rings. The van der Waals surface area contributed by atoms with Crippen molar-refractivity contribution in [2.24, 2.45) is 0 Å². The zero-order valence-electron chi connectivity index (χ0n) is 23.9. The fraction of sp³-hybridized carbons (Fsp3) is 0.265. The van der Waals surface area contributed by atoms with E-state index in [4.69, 9.17) is 18.5 Å². The summed E-state index contributed by atoms with van der Waals surface area (Å²) in [5, 5.41) is 0. The van der Waals surface area contributed by atoms with E-state index in [1.54, 1.807) is 0 Å². The van der Waals surface area contributed by atoms with Crippen LogP contribution in [0.3, 0.4) is 0 Å². The Labute approximate surface area is 243 Å². The molecule has 4 aromatic rings. The van der Waals surface area contributed by atoms with Crippen molar-refractivity contribution in [3.63, 3.8) is 0 Å². The molecule has 0 saturated heterocycles. The summed E-state index contributed by atoms with van der Waals surface area (Å²) in [6.07, 6.45) is 9.31. The summed E-state index contributed by atoms with van der Waals surface area (Å²) >= 11 is 0. The molecule has 7 heteroatoms. The first-order chi connectivity index (χ1) is 20.1. The van der Waals surface area contributed by atoms with Crippen LogP contribution in [0.4, 0.5) is 0 Å². The standard InChI is InChI=1S/C34H39NO5P/c1-3-39-41(36,40-4-2)25-11-22-35-23-20-29(21-24-35)16-17-30-18-19-33(37-27-31-12-7-5-8-13-31)34(26-30)38-28-32-14-9-6-10-15-32/h5-10,12-21,23-24,26H,3-4,11,22,25,27-28H2,1-2H3/q+1. The largest absolute Gasteiger partial charge is 0.485 e. The van der Waals surface area contributed by atoms with Crippen LogP contribution in [0.2, 0.25) is 0 Å². The van der Waals surface area contributed by atoms with Gasteiger partial charge in [0.25, 0.3) is 0 Å². The van der Waals surface area contributed by atoms with Gasteiger partial charge in [0.05, 0.1) is 19.4 Å². The highest BCUT2D eigenvalue weighted by molar-refractivity contribution is 7.53. The number of ether oxygens (including phenoxy) is 2. The predicted octanol–water partition coefficient (Wildman–Crippen LogP) is 7.96. The minimum atomic E-state index is -3.01. The van der Waals surface area contributed by atoms with Gasteiger partial charge in [-0.2, -0.15) is 0 Å². The molecular formula is C34H39NO5P+. The Hall–Kier alpha value is -3.70. The monoisotopic (exact) mass is 572 g/mol. The Kier molecular flexibility index (Phi) is 11.8. The minimum Gasteiger partial charge on any atom is -0.485 e. The van der Waals surface area contributed by atoms with Gasteiger partial charge >= 0.3 is 7.60 Å². The summed E-state index contributed by atoms with van der Waals surface area (Å²) < 4.78 is 37.9. The van der Waals surface area contributed by atoms with Crippen molar-refractivity contribution in [1.82, 2.24) is 0 Å². The van der Waals surface area contributed by atoms with Crippen LogP contribution in [0.1, 0.15) is 42.5 Å². The number of aryl methyl sites for hydroxylation is 1. The van der Waals surface area contributed by atoms with E-state index >= 15 is 0 Å². The van der Waals surface area contributed by atoms with Crippen LogP contribution in [-0.4, -0.2) is 19.4 Å². The number of aromatic nitrogens is 1. The molecule has 0 fully saturated rings. The molecule has 41 heavy (non-hydrogen) atoms. The van der Waals surface area contributed by atoms with Gasteiger partial charge in [-0.15, -0.1) is 0 Å². The second-order valence-corrected chi connectivity index (χ2v) is 11.7. The molecule has 6 nitrogen and oxygen atoms in total. The van der Waals surface area contributed by atoms with Crippen molar-refractivity contribution in [2.45, 2.75) is 40.0 Å². The molecule has 0 amide bonds. The summed E-state index contributed by atoms with van der Waals surface area (Å²) in [5.41, 5.74) is 4.29. The molecule has 1 aromatic heterocycles. The molecule has 0 atom stereocenters. The van der Waals surface area contributed by atoms with Gasteiger partial charge in [0.2, 0.25) is 0 Å². The zero-order chi connectivity index (χ0) is 28.8. The number of rotatable bonds is 16. The smallest absolute Gasteiger partial charge is 0.330 e. The van der Waals surface area contributed by atoms with Gasteiger partial charge in [-0.1, -0.05) is 78.9 Å². The van der Waals surface area contributed by atoms with Gasteiger partial charge in [-0.05, 0) is 48.2 Å².